The maximum absolute atomic E-state index is 14.6. The third-order valence-corrected chi connectivity index (χ3v) is 5.89. The van der Waals surface area contributed by atoms with Crippen molar-refractivity contribution in [3.8, 4) is 16.9 Å². The Labute approximate surface area is 183 Å². The van der Waals surface area contributed by atoms with Crippen molar-refractivity contribution in [1.29, 1.82) is 0 Å². The number of aryl methyl sites for hydroxylation is 1. The number of carbonyl (C=O) groups excluding carboxylic acids is 1. The fourth-order valence-corrected chi connectivity index (χ4v) is 4.49. The van der Waals surface area contributed by atoms with Crippen LogP contribution in [0.4, 0.5) is 4.39 Å². The number of hydrogen-bond acceptors (Lipinski definition) is 4. The summed E-state index contributed by atoms with van der Waals surface area (Å²) in [7, 11) is 1.85. The van der Waals surface area contributed by atoms with Crippen LogP contribution in [0.2, 0.25) is 0 Å². The lowest BCUT2D eigenvalue weighted by atomic mass is 9.96. The van der Waals surface area contributed by atoms with Crippen molar-refractivity contribution in [1.82, 2.24) is 15.2 Å². The molecule has 2 aliphatic rings. The molecule has 1 N–H and O–H groups in total. The van der Waals surface area contributed by atoms with Gasteiger partial charge in [0.05, 0.1) is 17.8 Å². The molecule has 7 heteroatoms. The summed E-state index contributed by atoms with van der Waals surface area (Å²) in [5, 5.41) is 3.55. The Morgan fingerprint density at radius 1 is 1.27 bits per heavy atom. The van der Waals surface area contributed by atoms with E-state index in [1.807, 2.05) is 40.0 Å². The molecule has 1 aromatic heterocycles. The summed E-state index contributed by atoms with van der Waals surface area (Å²) in [6.45, 7) is 6.58. The number of likely N-dealkylation sites (tertiary alicyclic amines) is 1. The minimum absolute atomic E-state index is 0. The van der Waals surface area contributed by atoms with Crippen LogP contribution in [0.25, 0.3) is 11.1 Å². The number of rotatable bonds is 4. The molecule has 0 saturated carbocycles. The Kier molecular flexibility index (Phi) is 6.39. The predicted molar refractivity (Wildman–Crippen MR) is 117 cm³/mol. The third kappa shape index (κ3) is 4.16. The maximum atomic E-state index is 14.6. The summed E-state index contributed by atoms with van der Waals surface area (Å²) in [6.07, 6.45) is 2.48. The molecule has 2 saturated heterocycles. The first-order valence-corrected chi connectivity index (χ1v) is 10.3. The normalized spacial score (nSPS) is 23.3. The van der Waals surface area contributed by atoms with Gasteiger partial charge in [-0.05, 0) is 75.9 Å². The SMILES string of the molecule is Cc1cc(-c2cc(OC(C)C)ccc2F)cc([C@H]2CC[C@@]3(CCN(C)C3=O)N2)n1.Cl. The highest BCUT2D eigenvalue weighted by Crippen LogP contribution is 2.39. The van der Waals surface area contributed by atoms with Crippen molar-refractivity contribution >= 4 is 18.3 Å². The smallest absolute Gasteiger partial charge is 0.242 e. The average molecular weight is 434 g/mol. The summed E-state index contributed by atoms with van der Waals surface area (Å²) in [4.78, 5) is 19.1. The zero-order valence-corrected chi connectivity index (χ0v) is 18.7. The number of likely N-dealkylation sites (N-methyl/N-ethyl adjacent to an activating group) is 1. The van der Waals surface area contributed by atoms with Gasteiger partial charge in [-0.2, -0.15) is 0 Å². The fraction of sp³-hybridized carbons (Fsp3) is 0.478. The first-order chi connectivity index (χ1) is 13.8. The molecule has 4 rings (SSSR count). The second-order valence-electron chi connectivity index (χ2n) is 8.52. The van der Waals surface area contributed by atoms with Crippen LogP contribution in [-0.2, 0) is 4.79 Å². The van der Waals surface area contributed by atoms with Gasteiger partial charge in [0.25, 0.3) is 0 Å². The van der Waals surface area contributed by atoms with E-state index < -0.39 is 5.54 Å². The first-order valence-electron chi connectivity index (χ1n) is 10.3. The molecule has 1 amide bonds. The van der Waals surface area contributed by atoms with E-state index in [9.17, 15) is 9.18 Å². The van der Waals surface area contributed by atoms with Gasteiger partial charge < -0.3 is 9.64 Å². The Morgan fingerprint density at radius 2 is 2.03 bits per heavy atom. The molecule has 3 heterocycles. The molecular weight excluding hydrogens is 405 g/mol. The van der Waals surface area contributed by atoms with Crippen molar-refractivity contribution in [3.63, 3.8) is 0 Å². The van der Waals surface area contributed by atoms with Crippen LogP contribution in [0.15, 0.2) is 30.3 Å². The number of amides is 1. The molecule has 0 bridgehead atoms. The van der Waals surface area contributed by atoms with Crippen molar-refractivity contribution in [2.45, 2.75) is 57.7 Å². The lowest BCUT2D eigenvalue weighted by Crippen LogP contribution is -2.47. The zero-order valence-electron chi connectivity index (χ0n) is 17.9. The number of pyridine rings is 1. The van der Waals surface area contributed by atoms with Crippen LogP contribution in [0.3, 0.4) is 0 Å². The monoisotopic (exact) mass is 433 g/mol. The molecule has 162 valence electrons. The standard InChI is InChI=1S/C23H28FN3O2.ClH/c1-14(2)29-17-5-6-19(24)18(13-17)16-11-15(3)25-21(12-16)20-7-8-23(26-20)9-10-27(4)22(23)28;/h5-6,11-14,20,26H,7-10H2,1-4H3;1H/t20-,23+;/m1./s1. The molecule has 5 nitrogen and oxygen atoms in total. The average Bonchev–Trinajstić information content (AvgIpc) is 3.22. The number of nitrogens with one attached hydrogen (secondary N) is 1. The van der Waals surface area contributed by atoms with E-state index in [-0.39, 0.29) is 36.3 Å². The number of benzene rings is 1. The van der Waals surface area contributed by atoms with Crippen molar-refractivity contribution in [2.24, 2.45) is 0 Å². The second-order valence-corrected chi connectivity index (χ2v) is 8.52. The third-order valence-electron chi connectivity index (χ3n) is 5.89. The van der Waals surface area contributed by atoms with Gasteiger partial charge in [-0.15, -0.1) is 12.4 Å². The molecule has 2 aliphatic heterocycles. The molecule has 2 aromatic rings. The lowest BCUT2D eigenvalue weighted by molar-refractivity contribution is -0.131. The van der Waals surface area contributed by atoms with Crippen LogP contribution in [0.1, 0.15) is 50.5 Å². The Hall–Kier alpha value is -2.18. The van der Waals surface area contributed by atoms with E-state index in [0.717, 1.165) is 42.8 Å². The number of hydrogen-bond donors (Lipinski definition) is 1. The van der Waals surface area contributed by atoms with Crippen LogP contribution < -0.4 is 10.1 Å². The molecule has 1 aromatic carbocycles. The van der Waals surface area contributed by atoms with Gasteiger partial charge in [-0.3, -0.25) is 15.1 Å². The number of ether oxygens (including phenoxy) is 1. The summed E-state index contributed by atoms with van der Waals surface area (Å²) in [6, 6.07) is 8.65. The quantitative estimate of drug-likeness (QED) is 0.774. The van der Waals surface area contributed by atoms with Crippen molar-refractivity contribution in [2.75, 3.05) is 13.6 Å². The second kappa shape index (κ2) is 8.52. The number of carbonyl (C=O) groups is 1. The van der Waals surface area contributed by atoms with E-state index in [4.69, 9.17) is 9.72 Å². The maximum Gasteiger partial charge on any atom is 0.242 e. The van der Waals surface area contributed by atoms with E-state index in [1.165, 1.54) is 6.07 Å². The van der Waals surface area contributed by atoms with E-state index >= 15 is 0 Å². The minimum Gasteiger partial charge on any atom is -0.491 e. The van der Waals surface area contributed by atoms with E-state index in [1.54, 1.807) is 17.0 Å². The van der Waals surface area contributed by atoms with Gasteiger partial charge in [-0.1, -0.05) is 0 Å². The molecular formula is C23H29ClFN3O2. The molecule has 2 fully saturated rings. The molecule has 0 unspecified atom stereocenters. The van der Waals surface area contributed by atoms with Crippen LogP contribution in [0.5, 0.6) is 5.75 Å². The molecule has 1 spiro atoms. The fourth-order valence-electron chi connectivity index (χ4n) is 4.49. The van der Waals surface area contributed by atoms with Gasteiger partial charge in [0.1, 0.15) is 17.1 Å². The van der Waals surface area contributed by atoms with Gasteiger partial charge in [-0.25, -0.2) is 4.39 Å². The van der Waals surface area contributed by atoms with Gasteiger partial charge in [0.2, 0.25) is 5.91 Å². The summed E-state index contributed by atoms with van der Waals surface area (Å²) < 4.78 is 20.4. The van der Waals surface area contributed by atoms with Crippen molar-refractivity contribution in [3.05, 3.63) is 47.5 Å². The first kappa shape index (κ1) is 22.5. The van der Waals surface area contributed by atoms with Gasteiger partial charge in [0, 0.05) is 24.8 Å². The Morgan fingerprint density at radius 3 is 2.70 bits per heavy atom. The summed E-state index contributed by atoms with van der Waals surface area (Å²) in [5.74, 6) is 0.517. The van der Waals surface area contributed by atoms with Crippen LogP contribution in [-0.4, -0.2) is 41.0 Å². The largest absolute Gasteiger partial charge is 0.491 e. The Bertz CT molecular complexity index is 952. The van der Waals surface area contributed by atoms with Crippen molar-refractivity contribution < 1.29 is 13.9 Å². The van der Waals surface area contributed by atoms with Gasteiger partial charge >= 0.3 is 0 Å². The molecule has 2 atom stereocenters. The zero-order chi connectivity index (χ0) is 20.8. The van der Waals surface area contributed by atoms with E-state index in [2.05, 4.69) is 5.32 Å². The highest BCUT2D eigenvalue weighted by molar-refractivity contribution is 5.88. The summed E-state index contributed by atoms with van der Waals surface area (Å²) >= 11 is 0. The summed E-state index contributed by atoms with van der Waals surface area (Å²) in [5.41, 5.74) is 2.48. The Balaban J connectivity index is 0.00000256. The number of nitrogens with zero attached hydrogens (tertiary/aromatic N) is 2. The molecule has 0 aliphatic carbocycles. The number of aromatic nitrogens is 1. The highest BCUT2D eigenvalue weighted by atomic mass is 35.5. The topological polar surface area (TPSA) is 54.5 Å². The highest BCUT2D eigenvalue weighted by Gasteiger charge is 2.50. The van der Waals surface area contributed by atoms with Crippen LogP contribution in [0, 0.1) is 12.7 Å². The molecule has 0 radical (unpaired) electrons. The van der Waals surface area contributed by atoms with E-state index in [0.29, 0.717) is 11.3 Å². The van der Waals surface area contributed by atoms with Crippen LogP contribution >= 0.6 is 12.4 Å². The molecule has 30 heavy (non-hydrogen) atoms. The predicted octanol–water partition coefficient (Wildman–Crippen LogP) is 4.43. The minimum atomic E-state index is -0.471. The van der Waals surface area contributed by atoms with Gasteiger partial charge in [0.15, 0.2) is 0 Å². The lowest BCUT2D eigenvalue weighted by Gasteiger charge is -2.23. The number of halogens is 2.